The largest absolute Gasteiger partial charge is 0.494 e. The molecule has 0 N–H and O–H groups in total. The smallest absolute Gasteiger partial charge is 0.376 e. The summed E-state index contributed by atoms with van der Waals surface area (Å²) in [6.45, 7) is 2.37. The minimum Gasteiger partial charge on any atom is -0.494 e. The minimum absolute atomic E-state index is 0.507. The van der Waals surface area contributed by atoms with Crippen molar-refractivity contribution in [3.8, 4) is 5.75 Å². The van der Waals surface area contributed by atoms with Crippen molar-refractivity contribution in [3.05, 3.63) is 29.8 Å². The fourth-order valence-corrected chi connectivity index (χ4v) is 1.51. The molecule has 1 aromatic carbocycles. The number of esters is 1. The Morgan fingerprint density at radius 1 is 1.41 bits per heavy atom. The summed E-state index contributed by atoms with van der Waals surface area (Å²) in [7, 11) is 1.14. The molecule has 0 amide bonds. The normalized spacial score (nSPS) is 11.7. The predicted molar refractivity (Wildman–Crippen MR) is 63.2 cm³/mol. The standard InChI is InChI=1S/C12H13ClO4/c1-3-17-9-6-4-5-8(7-9)10(13)11(14)12(15)16-2/h4-7,10H,3H2,1-2H3. The first kappa shape index (κ1) is 13.5. The van der Waals surface area contributed by atoms with Crippen molar-refractivity contribution in [3.63, 3.8) is 0 Å². The maximum atomic E-state index is 11.5. The number of ketones is 1. The van der Waals surface area contributed by atoms with E-state index in [0.29, 0.717) is 17.9 Å². The summed E-state index contributed by atoms with van der Waals surface area (Å²) < 4.78 is 9.61. The van der Waals surface area contributed by atoms with Crippen LogP contribution < -0.4 is 4.74 Å². The van der Waals surface area contributed by atoms with Gasteiger partial charge in [0.15, 0.2) is 0 Å². The summed E-state index contributed by atoms with van der Waals surface area (Å²) >= 11 is 5.90. The Balaban J connectivity index is 2.88. The van der Waals surface area contributed by atoms with Crippen molar-refractivity contribution in [2.24, 2.45) is 0 Å². The Kier molecular flexibility index (Phi) is 4.97. The van der Waals surface area contributed by atoms with Gasteiger partial charge in [-0.25, -0.2) is 4.79 Å². The molecule has 0 saturated heterocycles. The lowest BCUT2D eigenvalue weighted by atomic mass is 10.1. The van der Waals surface area contributed by atoms with E-state index >= 15 is 0 Å². The Morgan fingerprint density at radius 2 is 2.12 bits per heavy atom. The van der Waals surface area contributed by atoms with Gasteiger partial charge in [-0.05, 0) is 24.6 Å². The van der Waals surface area contributed by atoms with E-state index in [0.717, 1.165) is 7.11 Å². The molecule has 0 fully saturated rings. The van der Waals surface area contributed by atoms with E-state index in [1.165, 1.54) is 0 Å². The summed E-state index contributed by atoms with van der Waals surface area (Å²) in [5.74, 6) is -1.14. The molecule has 0 heterocycles. The Hall–Kier alpha value is -1.55. The number of halogens is 1. The molecule has 0 aromatic heterocycles. The highest BCUT2D eigenvalue weighted by molar-refractivity contribution is 6.47. The molecular formula is C12H13ClO4. The molecule has 1 aromatic rings. The average molecular weight is 257 g/mol. The van der Waals surface area contributed by atoms with E-state index in [2.05, 4.69) is 4.74 Å². The SMILES string of the molecule is CCOc1cccc(C(Cl)C(=O)C(=O)OC)c1. The first-order valence-corrected chi connectivity index (χ1v) is 5.52. The van der Waals surface area contributed by atoms with Gasteiger partial charge in [0.2, 0.25) is 0 Å². The Labute approximate surface area is 104 Å². The first-order valence-electron chi connectivity index (χ1n) is 5.09. The molecule has 0 aliphatic heterocycles. The van der Waals surface area contributed by atoms with E-state index < -0.39 is 17.1 Å². The fraction of sp³-hybridized carbons (Fsp3) is 0.333. The highest BCUT2D eigenvalue weighted by atomic mass is 35.5. The van der Waals surface area contributed by atoms with E-state index in [1.54, 1.807) is 24.3 Å². The zero-order chi connectivity index (χ0) is 12.8. The van der Waals surface area contributed by atoms with Crippen molar-refractivity contribution in [2.45, 2.75) is 12.3 Å². The van der Waals surface area contributed by atoms with Crippen molar-refractivity contribution >= 4 is 23.4 Å². The molecule has 4 nitrogen and oxygen atoms in total. The Morgan fingerprint density at radius 3 is 2.71 bits per heavy atom. The number of hydrogen-bond donors (Lipinski definition) is 0. The third kappa shape index (κ3) is 3.46. The molecule has 0 radical (unpaired) electrons. The summed E-state index contributed by atoms with van der Waals surface area (Å²) in [6, 6.07) is 6.74. The predicted octanol–water partition coefficient (Wildman–Crippen LogP) is 2.11. The zero-order valence-corrected chi connectivity index (χ0v) is 10.4. The monoisotopic (exact) mass is 256 g/mol. The number of methoxy groups -OCH3 is 1. The van der Waals surface area contributed by atoms with Crippen molar-refractivity contribution in [1.82, 2.24) is 0 Å². The number of Topliss-reactive ketones (excluding diaryl/α,β-unsaturated/α-hetero) is 1. The maximum absolute atomic E-state index is 11.5. The lowest BCUT2D eigenvalue weighted by Crippen LogP contribution is -2.20. The van der Waals surface area contributed by atoms with Crippen LogP contribution in [-0.4, -0.2) is 25.5 Å². The summed E-state index contributed by atoms with van der Waals surface area (Å²) in [5.41, 5.74) is 0.507. The lowest BCUT2D eigenvalue weighted by molar-refractivity contribution is -0.151. The molecule has 0 aliphatic carbocycles. The van der Waals surface area contributed by atoms with Gasteiger partial charge in [0.1, 0.15) is 11.1 Å². The second kappa shape index (κ2) is 6.25. The molecule has 1 unspecified atom stereocenters. The van der Waals surface area contributed by atoms with Gasteiger partial charge in [0.25, 0.3) is 5.78 Å². The molecule has 0 bridgehead atoms. The zero-order valence-electron chi connectivity index (χ0n) is 9.60. The van der Waals surface area contributed by atoms with Gasteiger partial charge in [0, 0.05) is 0 Å². The molecular weight excluding hydrogens is 244 g/mol. The van der Waals surface area contributed by atoms with E-state index in [4.69, 9.17) is 16.3 Å². The van der Waals surface area contributed by atoms with Crippen LogP contribution in [0.5, 0.6) is 5.75 Å². The number of benzene rings is 1. The third-order valence-corrected chi connectivity index (χ3v) is 2.53. The van der Waals surface area contributed by atoms with Crippen LogP contribution in [0.25, 0.3) is 0 Å². The Bertz CT molecular complexity index is 417. The molecule has 0 saturated carbocycles. The van der Waals surface area contributed by atoms with Gasteiger partial charge in [0.05, 0.1) is 13.7 Å². The summed E-state index contributed by atoms with van der Waals surface area (Å²) in [6.07, 6.45) is 0. The van der Waals surface area contributed by atoms with Gasteiger partial charge < -0.3 is 9.47 Å². The van der Waals surface area contributed by atoms with E-state index in [1.807, 2.05) is 6.92 Å². The van der Waals surface area contributed by atoms with Crippen LogP contribution in [0, 0.1) is 0 Å². The van der Waals surface area contributed by atoms with Crippen molar-refractivity contribution in [2.75, 3.05) is 13.7 Å². The highest BCUT2D eigenvalue weighted by Gasteiger charge is 2.25. The van der Waals surface area contributed by atoms with Crippen LogP contribution in [-0.2, 0) is 14.3 Å². The lowest BCUT2D eigenvalue weighted by Gasteiger charge is -2.09. The average Bonchev–Trinajstić information content (AvgIpc) is 2.36. The summed E-state index contributed by atoms with van der Waals surface area (Å²) in [4.78, 5) is 22.5. The quantitative estimate of drug-likeness (QED) is 0.460. The third-order valence-electron chi connectivity index (χ3n) is 2.08. The van der Waals surface area contributed by atoms with Crippen molar-refractivity contribution in [1.29, 1.82) is 0 Å². The highest BCUT2D eigenvalue weighted by Crippen LogP contribution is 2.25. The van der Waals surface area contributed by atoms with Crippen LogP contribution in [0.4, 0.5) is 0 Å². The van der Waals surface area contributed by atoms with Gasteiger partial charge in [-0.3, -0.25) is 4.79 Å². The molecule has 1 atom stereocenters. The van der Waals surface area contributed by atoms with Crippen LogP contribution in [0.3, 0.4) is 0 Å². The number of ether oxygens (including phenoxy) is 2. The second-order valence-corrected chi connectivity index (χ2v) is 3.66. The minimum atomic E-state index is -1.05. The van der Waals surface area contributed by atoms with E-state index in [-0.39, 0.29) is 0 Å². The molecule has 5 heteroatoms. The molecule has 17 heavy (non-hydrogen) atoms. The topological polar surface area (TPSA) is 52.6 Å². The number of carbonyl (C=O) groups is 2. The van der Waals surface area contributed by atoms with Crippen LogP contribution in [0.15, 0.2) is 24.3 Å². The fourth-order valence-electron chi connectivity index (χ4n) is 1.28. The van der Waals surface area contributed by atoms with Crippen LogP contribution >= 0.6 is 11.6 Å². The van der Waals surface area contributed by atoms with Crippen LogP contribution in [0.2, 0.25) is 0 Å². The first-order chi connectivity index (χ1) is 8.10. The molecule has 1 rings (SSSR count). The van der Waals surface area contributed by atoms with Gasteiger partial charge in [-0.1, -0.05) is 12.1 Å². The van der Waals surface area contributed by atoms with Gasteiger partial charge in [-0.15, -0.1) is 11.6 Å². The number of alkyl halides is 1. The van der Waals surface area contributed by atoms with Gasteiger partial charge >= 0.3 is 5.97 Å². The maximum Gasteiger partial charge on any atom is 0.376 e. The number of carbonyl (C=O) groups excluding carboxylic acids is 2. The molecule has 92 valence electrons. The second-order valence-electron chi connectivity index (χ2n) is 3.22. The molecule has 0 aliphatic rings. The molecule has 0 spiro atoms. The number of hydrogen-bond acceptors (Lipinski definition) is 4. The van der Waals surface area contributed by atoms with Crippen LogP contribution in [0.1, 0.15) is 17.9 Å². The number of rotatable bonds is 5. The van der Waals surface area contributed by atoms with Gasteiger partial charge in [-0.2, -0.15) is 0 Å². The summed E-state index contributed by atoms with van der Waals surface area (Å²) in [5, 5.41) is -1.05. The van der Waals surface area contributed by atoms with E-state index in [9.17, 15) is 9.59 Å². The van der Waals surface area contributed by atoms with Crippen molar-refractivity contribution < 1.29 is 19.1 Å².